The fourth-order valence-corrected chi connectivity index (χ4v) is 3.48. The molecular weight excluding hydrogens is 266 g/mol. The Hall–Kier alpha value is -1.31. The van der Waals surface area contributed by atoms with E-state index >= 15 is 0 Å². The summed E-state index contributed by atoms with van der Waals surface area (Å²) in [7, 11) is -3.53. The molecule has 0 bridgehead atoms. The first-order valence-corrected chi connectivity index (χ1v) is 7.56. The average molecular weight is 285 g/mol. The third-order valence-corrected chi connectivity index (χ3v) is 4.60. The number of nitrogens with one attached hydrogen (secondary N) is 1. The van der Waals surface area contributed by atoms with E-state index in [2.05, 4.69) is 4.72 Å². The molecule has 0 unspecified atom stereocenters. The molecule has 19 heavy (non-hydrogen) atoms. The zero-order valence-corrected chi connectivity index (χ0v) is 12.0. The summed E-state index contributed by atoms with van der Waals surface area (Å²) < 4.78 is 33.7. The molecule has 6 nitrogen and oxygen atoms in total. The SMILES string of the molecule is Cc1cc(N)cc(C)c1NS(=O)(=O)N1CCOCC1. The standard InChI is InChI=1S/C12H19N3O3S/c1-9-7-11(13)8-10(2)12(9)14-19(16,17)15-3-5-18-6-4-15/h7-8,14H,3-6,13H2,1-2H3. The van der Waals surface area contributed by atoms with Gasteiger partial charge in [0.25, 0.3) is 0 Å². The number of nitrogen functional groups attached to an aromatic ring is 1. The summed E-state index contributed by atoms with van der Waals surface area (Å²) in [4.78, 5) is 0. The Kier molecular flexibility index (Phi) is 3.98. The van der Waals surface area contributed by atoms with Crippen molar-refractivity contribution in [2.75, 3.05) is 36.8 Å². The Balaban J connectivity index is 2.25. The van der Waals surface area contributed by atoms with Gasteiger partial charge in [-0.2, -0.15) is 12.7 Å². The van der Waals surface area contributed by atoms with Crippen molar-refractivity contribution in [1.82, 2.24) is 4.31 Å². The highest BCUT2D eigenvalue weighted by Gasteiger charge is 2.25. The summed E-state index contributed by atoms with van der Waals surface area (Å²) in [6.07, 6.45) is 0. The van der Waals surface area contributed by atoms with Crippen LogP contribution in [0.1, 0.15) is 11.1 Å². The van der Waals surface area contributed by atoms with Gasteiger partial charge in [-0.1, -0.05) is 0 Å². The van der Waals surface area contributed by atoms with Gasteiger partial charge >= 0.3 is 10.2 Å². The number of hydrogen-bond donors (Lipinski definition) is 2. The molecule has 106 valence electrons. The molecule has 0 spiro atoms. The highest BCUT2D eigenvalue weighted by Crippen LogP contribution is 2.25. The van der Waals surface area contributed by atoms with E-state index < -0.39 is 10.2 Å². The normalized spacial score (nSPS) is 17.4. The number of morpholine rings is 1. The number of hydrogen-bond acceptors (Lipinski definition) is 4. The largest absolute Gasteiger partial charge is 0.399 e. The summed E-state index contributed by atoms with van der Waals surface area (Å²) in [5.41, 5.74) is 8.59. The fraction of sp³-hybridized carbons (Fsp3) is 0.500. The lowest BCUT2D eigenvalue weighted by atomic mass is 10.1. The first-order chi connectivity index (χ1) is 8.90. The van der Waals surface area contributed by atoms with E-state index in [0.29, 0.717) is 37.7 Å². The molecule has 0 aliphatic carbocycles. The predicted octanol–water partition coefficient (Wildman–Crippen LogP) is 0.875. The van der Waals surface area contributed by atoms with Crippen LogP contribution in [0, 0.1) is 13.8 Å². The van der Waals surface area contributed by atoms with Gasteiger partial charge in [0.15, 0.2) is 0 Å². The molecule has 1 fully saturated rings. The average Bonchev–Trinajstić information content (AvgIpc) is 2.35. The lowest BCUT2D eigenvalue weighted by molar-refractivity contribution is 0.0733. The number of ether oxygens (including phenoxy) is 1. The molecule has 3 N–H and O–H groups in total. The second kappa shape index (κ2) is 5.36. The van der Waals surface area contributed by atoms with E-state index in [1.165, 1.54) is 4.31 Å². The van der Waals surface area contributed by atoms with Crippen LogP contribution in [0.4, 0.5) is 11.4 Å². The fourth-order valence-electron chi connectivity index (χ4n) is 2.14. The van der Waals surface area contributed by atoms with Gasteiger partial charge in [0, 0.05) is 18.8 Å². The van der Waals surface area contributed by atoms with Gasteiger partial charge in [0.05, 0.1) is 18.9 Å². The zero-order chi connectivity index (χ0) is 14.0. The maximum Gasteiger partial charge on any atom is 0.301 e. The summed E-state index contributed by atoms with van der Waals surface area (Å²) in [5, 5.41) is 0. The van der Waals surface area contributed by atoms with Crippen LogP contribution in [0.2, 0.25) is 0 Å². The van der Waals surface area contributed by atoms with Crippen LogP contribution in [-0.4, -0.2) is 39.0 Å². The third kappa shape index (κ3) is 3.17. The minimum absolute atomic E-state index is 0.377. The maximum atomic E-state index is 12.3. The maximum absolute atomic E-state index is 12.3. The Bertz CT molecular complexity index is 543. The summed E-state index contributed by atoms with van der Waals surface area (Å²) in [6, 6.07) is 3.51. The van der Waals surface area contributed by atoms with E-state index in [9.17, 15) is 8.42 Å². The van der Waals surface area contributed by atoms with Crippen molar-refractivity contribution in [3.63, 3.8) is 0 Å². The van der Waals surface area contributed by atoms with Crippen molar-refractivity contribution in [2.45, 2.75) is 13.8 Å². The van der Waals surface area contributed by atoms with Crippen LogP contribution in [0.25, 0.3) is 0 Å². The summed E-state index contributed by atoms with van der Waals surface area (Å²) in [5.74, 6) is 0. The highest BCUT2D eigenvalue weighted by atomic mass is 32.2. The molecule has 0 aromatic heterocycles. The lowest BCUT2D eigenvalue weighted by Crippen LogP contribution is -2.43. The molecule has 0 atom stereocenters. The second-order valence-corrected chi connectivity index (χ2v) is 6.32. The Labute approximate surface area is 113 Å². The van der Waals surface area contributed by atoms with Gasteiger partial charge in [-0.25, -0.2) is 0 Å². The third-order valence-electron chi connectivity index (χ3n) is 3.10. The number of rotatable bonds is 3. The van der Waals surface area contributed by atoms with Crippen LogP contribution >= 0.6 is 0 Å². The van der Waals surface area contributed by atoms with Crippen molar-refractivity contribution < 1.29 is 13.2 Å². The van der Waals surface area contributed by atoms with Gasteiger partial charge in [-0.05, 0) is 37.1 Å². The first-order valence-electron chi connectivity index (χ1n) is 6.12. The monoisotopic (exact) mass is 285 g/mol. The zero-order valence-electron chi connectivity index (χ0n) is 11.1. The van der Waals surface area contributed by atoms with Gasteiger partial charge in [-0.3, -0.25) is 4.72 Å². The van der Waals surface area contributed by atoms with Crippen molar-refractivity contribution in [3.8, 4) is 0 Å². The molecule has 0 saturated carbocycles. The van der Waals surface area contributed by atoms with E-state index in [1.807, 2.05) is 13.8 Å². The van der Waals surface area contributed by atoms with Gasteiger partial charge in [-0.15, -0.1) is 0 Å². The Morgan fingerprint density at radius 3 is 2.26 bits per heavy atom. The molecule has 1 aromatic carbocycles. The van der Waals surface area contributed by atoms with Crippen LogP contribution in [0.15, 0.2) is 12.1 Å². The van der Waals surface area contributed by atoms with E-state index in [1.54, 1.807) is 12.1 Å². The molecule has 0 radical (unpaired) electrons. The molecule has 1 saturated heterocycles. The predicted molar refractivity (Wildman–Crippen MR) is 75.3 cm³/mol. The number of aryl methyl sites for hydroxylation is 2. The lowest BCUT2D eigenvalue weighted by Gasteiger charge is -2.27. The molecular formula is C12H19N3O3S. The van der Waals surface area contributed by atoms with Crippen molar-refractivity contribution in [1.29, 1.82) is 0 Å². The van der Waals surface area contributed by atoms with Crippen molar-refractivity contribution >= 4 is 21.6 Å². The minimum Gasteiger partial charge on any atom is -0.399 e. The highest BCUT2D eigenvalue weighted by molar-refractivity contribution is 7.90. The second-order valence-electron chi connectivity index (χ2n) is 4.65. The number of anilines is 2. The molecule has 1 aliphatic rings. The number of nitrogens with two attached hydrogens (primary N) is 1. The Morgan fingerprint density at radius 1 is 1.21 bits per heavy atom. The van der Waals surface area contributed by atoms with E-state index in [0.717, 1.165) is 11.1 Å². The molecule has 1 heterocycles. The van der Waals surface area contributed by atoms with Gasteiger partial charge in [0.1, 0.15) is 0 Å². The molecule has 2 rings (SSSR count). The van der Waals surface area contributed by atoms with Crippen LogP contribution in [0.3, 0.4) is 0 Å². The topological polar surface area (TPSA) is 84.7 Å². The van der Waals surface area contributed by atoms with Crippen molar-refractivity contribution in [3.05, 3.63) is 23.3 Å². The first kappa shape index (κ1) is 14.1. The quantitative estimate of drug-likeness (QED) is 0.807. The van der Waals surface area contributed by atoms with Crippen molar-refractivity contribution in [2.24, 2.45) is 0 Å². The van der Waals surface area contributed by atoms with Gasteiger partial charge < -0.3 is 10.5 Å². The number of nitrogens with zero attached hydrogens (tertiary/aromatic N) is 1. The van der Waals surface area contributed by atoms with Gasteiger partial charge in [0.2, 0.25) is 0 Å². The molecule has 1 aliphatic heterocycles. The Morgan fingerprint density at radius 2 is 1.74 bits per heavy atom. The van der Waals surface area contributed by atoms with Crippen LogP contribution in [0.5, 0.6) is 0 Å². The smallest absolute Gasteiger partial charge is 0.301 e. The molecule has 7 heteroatoms. The van der Waals surface area contributed by atoms with E-state index in [-0.39, 0.29) is 0 Å². The van der Waals surface area contributed by atoms with Crippen LogP contribution < -0.4 is 10.5 Å². The summed E-state index contributed by atoms with van der Waals surface area (Å²) in [6.45, 7) is 5.28. The molecule has 0 amide bonds. The molecule has 1 aromatic rings. The number of benzene rings is 1. The minimum atomic E-state index is -3.53. The van der Waals surface area contributed by atoms with E-state index in [4.69, 9.17) is 10.5 Å². The summed E-state index contributed by atoms with van der Waals surface area (Å²) >= 11 is 0. The van der Waals surface area contributed by atoms with Crippen LogP contribution in [-0.2, 0) is 14.9 Å².